The number of benzene rings is 1. The summed E-state index contributed by atoms with van der Waals surface area (Å²) in [6, 6.07) is 4.67. The van der Waals surface area contributed by atoms with Crippen LogP contribution in [-0.2, 0) is 20.0 Å². The molecule has 0 amide bonds. The molecule has 7 heteroatoms. The fourth-order valence-electron chi connectivity index (χ4n) is 1.70. The largest absolute Gasteiger partial charge is 0.504 e. The van der Waals surface area contributed by atoms with E-state index in [0.717, 1.165) is 5.56 Å². The monoisotopic (exact) mass is 303 g/mol. The maximum atomic E-state index is 12.1. The molecule has 0 heterocycles. The molecular weight excluding hydrogens is 281 g/mol. The fourth-order valence-corrected chi connectivity index (χ4v) is 3.17. The van der Waals surface area contributed by atoms with E-state index in [9.17, 15) is 14.8 Å². The molecular formula is C13H22NO5P. The number of aromatic hydroxyl groups is 2. The molecule has 0 unspecified atom stereocenters. The van der Waals surface area contributed by atoms with Crippen LogP contribution in [0.4, 0.5) is 0 Å². The number of rotatable bonds is 9. The third-order valence-electron chi connectivity index (χ3n) is 2.59. The van der Waals surface area contributed by atoms with Gasteiger partial charge in [0.05, 0.1) is 19.5 Å². The Morgan fingerprint density at radius 2 is 1.80 bits per heavy atom. The maximum absolute atomic E-state index is 12.1. The van der Waals surface area contributed by atoms with Gasteiger partial charge in [-0.1, -0.05) is 6.07 Å². The van der Waals surface area contributed by atoms with Gasteiger partial charge < -0.3 is 24.6 Å². The lowest BCUT2D eigenvalue weighted by Gasteiger charge is -2.17. The van der Waals surface area contributed by atoms with Crippen LogP contribution < -0.4 is 5.32 Å². The predicted molar refractivity (Wildman–Crippen MR) is 77.2 cm³/mol. The Bertz CT molecular complexity index is 456. The van der Waals surface area contributed by atoms with Gasteiger partial charge in [0.15, 0.2) is 11.5 Å². The summed E-state index contributed by atoms with van der Waals surface area (Å²) in [5.74, 6) is -0.282. The Balaban J connectivity index is 2.39. The summed E-state index contributed by atoms with van der Waals surface area (Å²) in [6.07, 6.45) is 0.783. The Hall–Kier alpha value is -1.07. The third-order valence-corrected chi connectivity index (χ3v) is 4.50. The molecule has 3 N–H and O–H groups in total. The van der Waals surface area contributed by atoms with E-state index in [1.807, 2.05) is 0 Å². The Labute approximate surface area is 119 Å². The van der Waals surface area contributed by atoms with E-state index in [-0.39, 0.29) is 17.8 Å². The fraction of sp³-hybridized carbons (Fsp3) is 0.538. The van der Waals surface area contributed by atoms with Crippen LogP contribution >= 0.6 is 7.60 Å². The van der Waals surface area contributed by atoms with Crippen LogP contribution in [0.15, 0.2) is 18.2 Å². The Morgan fingerprint density at radius 3 is 2.35 bits per heavy atom. The highest BCUT2D eigenvalue weighted by molar-refractivity contribution is 7.53. The lowest BCUT2D eigenvalue weighted by atomic mass is 10.1. The van der Waals surface area contributed by atoms with Gasteiger partial charge in [0.25, 0.3) is 0 Å². The first-order chi connectivity index (χ1) is 9.50. The van der Waals surface area contributed by atoms with Crippen LogP contribution in [-0.4, -0.2) is 36.3 Å². The first-order valence-electron chi connectivity index (χ1n) is 6.60. The number of phenols is 2. The van der Waals surface area contributed by atoms with Crippen molar-refractivity contribution in [3.05, 3.63) is 23.8 Å². The average Bonchev–Trinajstić information content (AvgIpc) is 2.39. The molecule has 0 aliphatic heterocycles. The lowest BCUT2D eigenvalue weighted by molar-refractivity contribution is 0.218. The van der Waals surface area contributed by atoms with Crippen molar-refractivity contribution in [3.63, 3.8) is 0 Å². The van der Waals surface area contributed by atoms with E-state index >= 15 is 0 Å². The van der Waals surface area contributed by atoms with Crippen molar-refractivity contribution < 1.29 is 23.8 Å². The average molecular weight is 303 g/mol. The number of nitrogens with one attached hydrogen (secondary N) is 1. The number of hydrogen-bond acceptors (Lipinski definition) is 6. The van der Waals surface area contributed by atoms with Crippen molar-refractivity contribution in [3.8, 4) is 11.5 Å². The third kappa shape index (κ3) is 5.51. The van der Waals surface area contributed by atoms with Gasteiger partial charge in [-0.15, -0.1) is 0 Å². The van der Waals surface area contributed by atoms with Gasteiger partial charge in [-0.2, -0.15) is 0 Å². The van der Waals surface area contributed by atoms with Gasteiger partial charge in [-0.3, -0.25) is 4.57 Å². The van der Waals surface area contributed by atoms with Gasteiger partial charge in [-0.25, -0.2) is 0 Å². The van der Waals surface area contributed by atoms with Crippen LogP contribution in [0.1, 0.15) is 19.4 Å². The summed E-state index contributed by atoms with van der Waals surface area (Å²) in [6.45, 7) is 4.78. The molecule has 0 aromatic heterocycles. The number of hydrogen-bond donors (Lipinski definition) is 3. The zero-order valence-corrected chi connectivity index (χ0v) is 12.7. The zero-order chi connectivity index (χ0) is 15.0. The molecule has 0 radical (unpaired) electrons. The summed E-state index contributed by atoms with van der Waals surface area (Å²) >= 11 is 0. The molecule has 0 saturated heterocycles. The van der Waals surface area contributed by atoms with Crippen molar-refractivity contribution in [1.82, 2.24) is 5.32 Å². The van der Waals surface area contributed by atoms with E-state index < -0.39 is 7.60 Å². The van der Waals surface area contributed by atoms with Crippen molar-refractivity contribution in [2.75, 3.05) is 26.0 Å². The molecule has 0 aliphatic rings. The lowest BCUT2D eigenvalue weighted by Crippen LogP contribution is -2.20. The second-order valence-corrected chi connectivity index (χ2v) is 6.23. The van der Waals surface area contributed by atoms with E-state index in [0.29, 0.717) is 26.2 Å². The van der Waals surface area contributed by atoms with Crippen LogP contribution in [0.5, 0.6) is 11.5 Å². The van der Waals surface area contributed by atoms with Gasteiger partial charge in [0, 0.05) is 0 Å². The second kappa shape index (κ2) is 8.27. The van der Waals surface area contributed by atoms with Gasteiger partial charge in [-0.05, 0) is 44.5 Å². The quantitative estimate of drug-likeness (QED) is 0.369. The first kappa shape index (κ1) is 17.0. The predicted octanol–water partition coefficient (Wildman–Crippen LogP) is 2.45. The highest BCUT2D eigenvalue weighted by Gasteiger charge is 2.22. The van der Waals surface area contributed by atoms with Crippen molar-refractivity contribution >= 4 is 7.60 Å². The van der Waals surface area contributed by atoms with Crippen molar-refractivity contribution in [1.29, 1.82) is 0 Å². The first-order valence-corrected chi connectivity index (χ1v) is 8.33. The molecule has 20 heavy (non-hydrogen) atoms. The number of phenolic OH excluding ortho intramolecular Hbond substituents is 2. The molecule has 6 nitrogen and oxygen atoms in total. The molecule has 0 atom stereocenters. The van der Waals surface area contributed by atoms with E-state index in [1.54, 1.807) is 19.9 Å². The highest BCUT2D eigenvalue weighted by Crippen LogP contribution is 2.46. The maximum Gasteiger partial charge on any atom is 0.344 e. The van der Waals surface area contributed by atoms with Crippen molar-refractivity contribution in [2.24, 2.45) is 0 Å². The van der Waals surface area contributed by atoms with E-state index in [1.165, 1.54) is 12.1 Å². The Morgan fingerprint density at radius 1 is 1.15 bits per heavy atom. The van der Waals surface area contributed by atoms with E-state index in [4.69, 9.17) is 9.05 Å². The SMILES string of the molecule is CCOP(=O)(CNCCc1ccc(O)c(O)c1)OCC. The van der Waals surface area contributed by atoms with Gasteiger partial charge in [0.2, 0.25) is 0 Å². The standard InChI is InChI=1S/C13H22NO5P/c1-3-18-20(17,19-4-2)10-14-8-7-11-5-6-12(15)13(16)9-11/h5-6,9,14-16H,3-4,7-8,10H2,1-2H3. The molecule has 0 aliphatic carbocycles. The van der Waals surface area contributed by atoms with Crippen molar-refractivity contribution in [2.45, 2.75) is 20.3 Å². The van der Waals surface area contributed by atoms with E-state index in [2.05, 4.69) is 5.32 Å². The Kier molecular flexibility index (Phi) is 7.02. The van der Waals surface area contributed by atoms with Crippen LogP contribution in [0.3, 0.4) is 0 Å². The summed E-state index contributed by atoms with van der Waals surface area (Å²) < 4.78 is 22.5. The molecule has 1 aromatic rings. The molecule has 0 saturated carbocycles. The summed E-state index contributed by atoms with van der Waals surface area (Å²) in [5, 5.41) is 21.6. The molecule has 114 valence electrons. The molecule has 1 aromatic carbocycles. The molecule has 0 spiro atoms. The normalized spacial score (nSPS) is 11.7. The molecule has 0 fully saturated rings. The molecule has 0 bridgehead atoms. The summed E-state index contributed by atoms with van der Waals surface area (Å²) in [4.78, 5) is 0. The van der Waals surface area contributed by atoms with Crippen LogP contribution in [0.25, 0.3) is 0 Å². The minimum absolute atomic E-state index is 0.140. The highest BCUT2D eigenvalue weighted by atomic mass is 31.2. The summed E-state index contributed by atoms with van der Waals surface area (Å²) in [7, 11) is -3.06. The van der Waals surface area contributed by atoms with Crippen LogP contribution in [0, 0.1) is 0 Å². The van der Waals surface area contributed by atoms with Gasteiger partial charge >= 0.3 is 7.60 Å². The summed E-state index contributed by atoms with van der Waals surface area (Å²) in [5.41, 5.74) is 0.871. The topological polar surface area (TPSA) is 88.0 Å². The van der Waals surface area contributed by atoms with Crippen LogP contribution in [0.2, 0.25) is 0 Å². The minimum Gasteiger partial charge on any atom is -0.504 e. The molecule has 1 rings (SSSR count). The smallest absolute Gasteiger partial charge is 0.344 e. The van der Waals surface area contributed by atoms with Gasteiger partial charge in [0.1, 0.15) is 0 Å². The zero-order valence-electron chi connectivity index (χ0n) is 11.8. The second-order valence-electron chi connectivity index (χ2n) is 4.18. The minimum atomic E-state index is -3.06.